The molecule has 5 heteroatoms. The van der Waals surface area contributed by atoms with Crippen molar-refractivity contribution >= 4 is 11.8 Å². The number of aliphatic hydroxyl groups excluding tert-OH is 1. The van der Waals surface area contributed by atoms with Crippen LogP contribution in [0.1, 0.15) is 37.7 Å². The number of amides is 2. The van der Waals surface area contributed by atoms with E-state index in [2.05, 4.69) is 12.1 Å². The zero-order valence-corrected chi connectivity index (χ0v) is 14.1. The van der Waals surface area contributed by atoms with Crippen molar-refractivity contribution in [3.63, 3.8) is 0 Å². The van der Waals surface area contributed by atoms with Crippen molar-refractivity contribution in [2.45, 2.75) is 50.7 Å². The van der Waals surface area contributed by atoms with E-state index in [9.17, 15) is 14.7 Å². The predicted octanol–water partition coefficient (Wildman–Crippen LogP) is 1.59. The Balaban J connectivity index is 1.54. The first-order valence-electron chi connectivity index (χ1n) is 8.95. The molecule has 1 aromatic rings. The van der Waals surface area contributed by atoms with E-state index in [4.69, 9.17) is 0 Å². The Bertz CT molecular complexity index is 569. The highest BCUT2D eigenvalue weighted by Crippen LogP contribution is 2.23. The van der Waals surface area contributed by atoms with Crippen LogP contribution >= 0.6 is 0 Å². The van der Waals surface area contributed by atoms with Gasteiger partial charge in [-0.15, -0.1) is 0 Å². The maximum Gasteiger partial charge on any atom is 0.245 e. The number of nitrogens with zero attached hydrogens (tertiary/aromatic N) is 2. The number of benzene rings is 1. The van der Waals surface area contributed by atoms with Crippen LogP contribution in [-0.2, 0) is 16.0 Å². The number of aryl methyl sites for hydroxylation is 1. The zero-order valence-electron chi connectivity index (χ0n) is 14.1. The van der Waals surface area contributed by atoms with Gasteiger partial charge in [-0.25, -0.2) is 0 Å². The lowest BCUT2D eigenvalue weighted by atomic mass is 10.1. The van der Waals surface area contributed by atoms with E-state index in [1.165, 1.54) is 5.56 Å². The molecule has 2 aliphatic rings. The maximum atomic E-state index is 12.6. The molecule has 2 aliphatic heterocycles. The minimum Gasteiger partial charge on any atom is -0.391 e. The fourth-order valence-electron chi connectivity index (χ4n) is 3.70. The fourth-order valence-corrected chi connectivity index (χ4v) is 3.70. The van der Waals surface area contributed by atoms with Crippen LogP contribution in [0, 0.1) is 0 Å². The molecule has 1 aromatic carbocycles. The monoisotopic (exact) mass is 330 g/mol. The number of carbonyl (C=O) groups excluding carboxylic acids is 2. The van der Waals surface area contributed by atoms with Crippen molar-refractivity contribution in [2.24, 2.45) is 0 Å². The molecule has 0 radical (unpaired) electrons. The molecule has 130 valence electrons. The molecule has 3 rings (SSSR count). The van der Waals surface area contributed by atoms with Crippen LogP contribution in [0.2, 0.25) is 0 Å². The Kier molecular flexibility index (Phi) is 5.51. The quantitative estimate of drug-likeness (QED) is 0.892. The molecule has 2 heterocycles. The number of β-amino-alcohol motifs (C(OH)–C–C–N with tert-alkyl or cyclic N) is 1. The third-order valence-electron chi connectivity index (χ3n) is 5.00. The average Bonchev–Trinajstić information content (AvgIpc) is 3.24. The summed E-state index contributed by atoms with van der Waals surface area (Å²) >= 11 is 0. The summed E-state index contributed by atoms with van der Waals surface area (Å²) < 4.78 is 0. The Morgan fingerprint density at radius 2 is 1.83 bits per heavy atom. The Labute approximate surface area is 143 Å². The number of aliphatic hydroxyl groups is 1. The standard InChI is InChI=1S/C19H26N2O3/c22-16-13-17(19(24)20-11-4-5-12-20)21(14-16)18(23)10-6-9-15-7-2-1-3-8-15/h1-3,7-8,16-17,22H,4-6,9-14H2/t16?,17-/m0/s1. The summed E-state index contributed by atoms with van der Waals surface area (Å²) in [6, 6.07) is 9.63. The minimum atomic E-state index is -0.584. The molecule has 0 saturated carbocycles. The second kappa shape index (κ2) is 7.79. The fraction of sp³-hybridized carbons (Fsp3) is 0.579. The van der Waals surface area contributed by atoms with Gasteiger partial charge in [-0.2, -0.15) is 0 Å². The van der Waals surface area contributed by atoms with Gasteiger partial charge in [-0.05, 0) is 31.2 Å². The summed E-state index contributed by atoms with van der Waals surface area (Å²) in [5.41, 5.74) is 1.22. The number of carbonyl (C=O) groups is 2. The summed E-state index contributed by atoms with van der Waals surface area (Å²) in [6.45, 7) is 1.84. The third kappa shape index (κ3) is 3.96. The van der Waals surface area contributed by atoms with E-state index in [-0.39, 0.29) is 18.4 Å². The van der Waals surface area contributed by atoms with Gasteiger partial charge in [0, 0.05) is 32.5 Å². The number of hydrogen-bond donors (Lipinski definition) is 1. The lowest BCUT2D eigenvalue weighted by molar-refractivity contribution is -0.143. The molecule has 2 atom stereocenters. The lowest BCUT2D eigenvalue weighted by Gasteiger charge is -2.27. The van der Waals surface area contributed by atoms with E-state index in [1.807, 2.05) is 23.1 Å². The minimum absolute atomic E-state index is 0.0139. The first kappa shape index (κ1) is 17.0. The molecular weight excluding hydrogens is 304 g/mol. The summed E-state index contributed by atoms with van der Waals surface area (Å²) in [6.07, 6.45) is 3.90. The maximum absolute atomic E-state index is 12.6. The van der Waals surface area contributed by atoms with Gasteiger partial charge in [-0.1, -0.05) is 30.3 Å². The molecule has 24 heavy (non-hydrogen) atoms. The molecular formula is C19H26N2O3. The number of likely N-dealkylation sites (tertiary alicyclic amines) is 2. The Morgan fingerprint density at radius 3 is 2.54 bits per heavy atom. The van der Waals surface area contributed by atoms with Gasteiger partial charge >= 0.3 is 0 Å². The summed E-state index contributed by atoms with van der Waals surface area (Å²) in [4.78, 5) is 28.6. The molecule has 0 aromatic heterocycles. The molecule has 5 nitrogen and oxygen atoms in total. The van der Waals surface area contributed by atoms with E-state index in [1.54, 1.807) is 4.90 Å². The van der Waals surface area contributed by atoms with Crippen LogP contribution < -0.4 is 0 Å². The van der Waals surface area contributed by atoms with Crippen molar-refractivity contribution in [1.82, 2.24) is 9.80 Å². The summed E-state index contributed by atoms with van der Waals surface area (Å²) in [5, 5.41) is 9.95. The van der Waals surface area contributed by atoms with Crippen LogP contribution in [-0.4, -0.2) is 58.5 Å². The number of hydrogen-bond acceptors (Lipinski definition) is 3. The first-order chi connectivity index (χ1) is 11.6. The SMILES string of the molecule is O=C([C@@H]1CC(O)CN1C(=O)CCCc1ccccc1)N1CCCC1. The third-order valence-corrected chi connectivity index (χ3v) is 5.00. The highest BCUT2D eigenvalue weighted by atomic mass is 16.3. The molecule has 2 saturated heterocycles. The topological polar surface area (TPSA) is 60.9 Å². The van der Waals surface area contributed by atoms with E-state index < -0.39 is 12.1 Å². The zero-order chi connectivity index (χ0) is 16.9. The Morgan fingerprint density at radius 1 is 1.12 bits per heavy atom. The van der Waals surface area contributed by atoms with E-state index in [0.717, 1.165) is 38.8 Å². The highest BCUT2D eigenvalue weighted by Gasteiger charge is 2.40. The molecule has 2 amide bonds. The van der Waals surface area contributed by atoms with Gasteiger partial charge in [0.05, 0.1) is 6.10 Å². The highest BCUT2D eigenvalue weighted by molar-refractivity contribution is 5.88. The summed E-state index contributed by atoms with van der Waals surface area (Å²) in [5.74, 6) is 0.000451. The van der Waals surface area contributed by atoms with Gasteiger partial charge in [0.2, 0.25) is 11.8 Å². The van der Waals surface area contributed by atoms with Crippen LogP contribution in [0.3, 0.4) is 0 Å². The van der Waals surface area contributed by atoms with Crippen LogP contribution in [0.15, 0.2) is 30.3 Å². The largest absolute Gasteiger partial charge is 0.391 e. The average molecular weight is 330 g/mol. The van der Waals surface area contributed by atoms with E-state index in [0.29, 0.717) is 12.8 Å². The molecule has 0 spiro atoms. The number of rotatable bonds is 5. The van der Waals surface area contributed by atoms with Gasteiger partial charge in [0.1, 0.15) is 6.04 Å². The molecule has 0 aliphatic carbocycles. The van der Waals surface area contributed by atoms with Crippen LogP contribution in [0.4, 0.5) is 0 Å². The van der Waals surface area contributed by atoms with Crippen LogP contribution in [0.5, 0.6) is 0 Å². The normalized spacial score (nSPS) is 23.7. The second-order valence-electron chi connectivity index (χ2n) is 6.82. The van der Waals surface area contributed by atoms with Gasteiger partial charge in [0.15, 0.2) is 0 Å². The predicted molar refractivity (Wildman–Crippen MR) is 91.3 cm³/mol. The van der Waals surface area contributed by atoms with Gasteiger partial charge < -0.3 is 14.9 Å². The van der Waals surface area contributed by atoms with Gasteiger partial charge in [0.25, 0.3) is 0 Å². The molecule has 0 bridgehead atoms. The van der Waals surface area contributed by atoms with Crippen molar-refractivity contribution in [1.29, 1.82) is 0 Å². The Hall–Kier alpha value is -1.88. The first-order valence-corrected chi connectivity index (χ1v) is 8.95. The lowest BCUT2D eigenvalue weighted by Crippen LogP contribution is -2.46. The van der Waals surface area contributed by atoms with Crippen molar-refractivity contribution in [2.75, 3.05) is 19.6 Å². The molecule has 1 N–H and O–H groups in total. The van der Waals surface area contributed by atoms with E-state index >= 15 is 0 Å². The second-order valence-corrected chi connectivity index (χ2v) is 6.82. The summed E-state index contributed by atoms with van der Waals surface area (Å²) in [7, 11) is 0. The molecule has 2 fully saturated rings. The van der Waals surface area contributed by atoms with Crippen LogP contribution in [0.25, 0.3) is 0 Å². The molecule has 1 unspecified atom stereocenters. The smallest absolute Gasteiger partial charge is 0.245 e. The van der Waals surface area contributed by atoms with Crippen molar-refractivity contribution in [3.8, 4) is 0 Å². The van der Waals surface area contributed by atoms with Crippen molar-refractivity contribution in [3.05, 3.63) is 35.9 Å². The van der Waals surface area contributed by atoms with Gasteiger partial charge in [-0.3, -0.25) is 9.59 Å². The van der Waals surface area contributed by atoms with Crippen molar-refractivity contribution < 1.29 is 14.7 Å².